The van der Waals surface area contributed by atoms with Crippen molar-refractivity contribution >= 4 is 5.91 Å². The Balaban J connectivity index is 2.09. The third kappa shape index (κ3) is 2.86. The fraction of sp³-hybridized carbons (Fsp3) is 0.357. The third-order valence-electron chi connectivity index (χ3n) is 2.86. The highest BCUT2D eigenvalue weighted by atomic mass is 16.2. The van der Waals surface area contributed by atoms with Crippen LogP contribution >= 0.6 is 0 Å². The zero-order valence-electron chi connectivity index (χ0n) is 9.78. The first-order chi connectivity index (χ1) is 8.31. The average Bonchev–Trinajstić information content (AvgIpc) is 2.90. The molecule has 0 aromatic heterocycles. The highest BCUT2D eigenvalue weighted by Crippen LogP contribution is 2.13. The van der Waals surface area contributed by atoms with E-state index in [0.717, 1.165) is 37.1 Å². The number of rotatable bonds is 1. The van der Waals surface area contributed by atoms with Gasteiger partial charge in [0.1, 0.15) is 0 Å². The maximum absolute atomic E-state index is 12.0. The number of carbonyl (C=O) groups is 1. The summed E-state index contributed by atoms with van der Waals surface area (Å²) in [4.78, 5) is 13.9. The standard InChI is InChI=1S/C14H16N2O/c15-9-3-4-12-5-7-13(8-6-12)14(17)16-10-1-2-11-16/h5-8H,1-2,9-11,15H2. The largest absolute Gasteiger partial charge is 0.339 e. The minimum absolute atomic E-state index is 0.126. The van der Waals surface area contributed by atoms with E-state index in [1.165, 1.54) is 0 Å². The molecular weight excluding hydrogens is 212 g/mol. The summed E-state index contributed by atoms with van der Waals surface area (Å²) in [6, 6.07) is 7.40. The molecule has 0 aliphatic carbocycles. The van der Waals surface area contributed by atoms with Gasteiger partial charge in [-0.1, -0.05) is 11.8 Å². The SMILES string of the molecule is NCC#Cc1ccc(C(=O)N2CCCC2)cc1. The Bertz CT molecular complexity index is 447. The maximum Gasteiger partial charge on any atom is 0.253 e. The zero-order valence-corrected chi connectivity index (χ0v) is 9.78. The summed E-state index contributed by atoms with van der Waals surface area (Å²) in [7, 11) is 0. The van der Waals surface area contributed by atoms with E-state index in [4.69, 9.17) is 5.73 Å². The number of hydrogen-bond acceptors (Lipinski definition) is 2. The lowest BCUT2D eigenvalue weighted by Crippen LogP contribution is -2.27. The molecule has 0 saturated carbocycles. The fourth-order valence-corrected chi connectivity index (χ4v) is 1.95. The van der Waals surface area contributed by atoms with E-state index < -0.39 is 0 Å². The van der Waals surface area contributed by atoms with Gasteiger partial charge < -0.3 is 10.6 Å². The summed E-state index contributed by atoms with van der Waals surface area (Å²) < 4.78 is 0. The van der Waals surface area contributed by atoms with E-state index in [2.05, 4.69) is 11.8 Å². The van der Waals surface area contributed by atoms with Gasteiger partial charge in [-0.25, -0.2) is 0 Å². The van der Waals surface area contributed by atoms with Crippen LogP contribution in [0.15, 0.2) is 24.3 Å². The summed E-state index contributed by atoms with van der Waals surface area (Å²) >= 11 is 0. The molecule has 1 fully saturated rings. The van der Waals surface area contributed by atoms with Gasteiger partial charge in [0.15, 0.2) is 0 Å². The van der Waals surface area contributed by atoms with Gasteiger partial charge in [0.2, 0.25) is 0 Å². The van der Waals surface area contributed by atoms with Crippen LogP contribution in [0.5, 0.6) is 0 Å². The number of hydrogen-bond donors (Lipinski definition) is 1. The minimum Gasteiger partial charge on any atom is -0.339 e. The Morgan fingerprint density at radius 1 is 1.24 bits per heavy atom. The van der Waals surface area contributed by atoms with Crippen LogP contribution < -0.4 is 5.73 Å². The van der Waals surface area contributed by atoms with Gasteiger partial charge >= 0.3 is 0 Å². The van der Waals surface area contributed by atoms with Crippen LogP contribution in [-0.2, 0) is 0 Å². The normalized spacial score (nSPS) is 14.3. The van der Waals surface area contributed by atoms with Gasteiger partial charge in [-0.05, 0) is 37.1 Å². The molecule has 88 valence electrons. The van der Waals surface area contributed by atoms with Crippen LogP contribution in [0.25, 0.3) is 0 Å². The van der Waals surface area contributed by atoms with Crippen molar-refractivity contribution < 1.29 is 4.79 Å². The number of nitrogens with zero attached hydrogens (tertiary/aromatic N) is 1. The molecule has 0 bridgehead atoms. The summed E-state index contributed by atoms with van der Waals surface area (Å²) in [5.74, 6) is 5.86. The molecule has 1 aliphatic rings. The molecule has 0 radical (unpaired) electrons. The Morgan fingerprint density at radius 3 is 2.47 bits per heavy atom. The molecule has 2 N–H and O–H groups in total. The second-order valence-corrected chi connectivity index (χ2v) is 4.08. The lowest BCUT2D eigenvalue weighted by Gasteiger charge is -2.14. The van der Waals surface area contributed by atoms with Crippen molar-refractivity contribution in [1.29, 1.82) is 0 Å². The van der Waals surface area contributed by atoms with Crippen molar-refractivity contribution in [2.45, 2.75) is 12.8 Å². The van der Waals surface area contributed by atoms with Gasteiger partial charge in [-0.2, -0.15) is 0 Å². The van der Waals surface area contributed by atoms with Crippen molar-refractivity contribution in [2.75, 3.05) is 19.6 Å². The van der Waals surface area contributed by atoms with E-state index in [1.54, 1.807) is 0 Å². The fourth-order valence-electron chi connectivity index (χ4n) is 1.95. The number of amides is 1. The first-order valence-electron chi connectivity index (χ1n) is 5.89. The second-order valence-electron chi connectivity index (χ2n) is 4.08. The van der Waals surface area contributed by atoms with E-state index in [1.807, 2.05) is 29.2 Å². The summed E-state index contributed by atoms with van der Waals surface area (Å²) in [5.41, 5.74) is 6.94. The molecule has 0 atom stereocenters. The predicted molar refractivity (Wildman–Crippen MR) is 67.5 cm³/mol. The summed E-state index contributed by atoms with van der Waals surface area (Å²) in [6.07, 6.45) is 2.23. The molecule has 1 saturated heterocycles. The van der Waals surface area contributed by atoms with Crippen LogP contribution in [0.4, 0.5) is 0 Å². The van der Waals surface area contributed by atoms with E-state index in [-0.39, 0.29) is 5.91 Å². The first kappa shape index (κ1) is 11.7. The Labute approximate surface area is 102 Å². The van der Waals surface area contributed by atoms with Crippen molar-refractivity contribution in [3.63, 3.8) is 0 Å². The molecule has 3 nitrogen and oxygen atoms in total. The predicted octanol–water partition coefficient (Wildman–Crippen LogP) is 1.23. The highest BCUT2D eigenvalue weighted by Gasteiger charge is 2.18. The number of carbonyl (C=O) groups excluding carboxylic acids is 1. The number of benzene rings is 1. The monoisotopic (exact) mass is 228 g/mol. The molecule has 1 aromatic rings. The lowest BCUT2D eigenvalue weighted by atomic mass is 10.1. The second kappa shape index (κ2) is 5.51. The smallest absolute Gasteiger partial charge is 0.253 e. The third-order valence-corrected chi connectivity index (χ3v) is 2.86. The Kier molecular flexibility index (Phi) is 3.79. The molecule has 1 heterocycles. The van der Waals surface area contributed by atoms with Crippen molar-refractivity contribution in [1.82, 2.24) is 4.90 Å². The average molecular weight is 228 g/mol. The zero-order chi connectivity index (χ0) is 12.1. The van der Waals surface area contributed by atoms with Crippen molar-refractivity contribution in [3.05, 3.63) is 35.4 Å². The molecule has 1 amide bonds. The van der Waals surface area contributed by atoms with Crippen LogP contribution in [-0.4, -0.2) is 30.4 Å². The van der Waals surface area contributed by atoms with Crippen molar-refractivity contribution in [2.24, 2.45) is 5.73 Å². The van der Waals surface area contributed by atoms with Crippen LogP contribution in [0.1, 0.15) is 28.8 Å². The summed E-state index contributed by atoms with van der Waals surface area (Å²) in [5, 5.41) is 0. The van der Waals surface area contributed by atoms with Crippen molar-refractivity contribution in [3.8, 4) is 11.8 Å². The topological polar surface area (TPSA) is 46.3 Å². The molecule has 1 aliphatic heterocycles. The maximum atomic E-state index is 12.0. The number of likely N-dealkylation sites (tertiary alicyclic amines) is 1. The molecule has 1 aromatic carbocycles. The van der Waals surface area contributed by atoms with Gasteiger partial charge in [0.25, 0.3) is 5.91 Å². The molecule has 17 heavy (non-hydrogen) atoms. The first-order valence-corrected chi connectivity index (χ1v) is 5.89. The van der Waals surface area contributed by atoms with E-state index in [9.17, 15) is 4.79 Å². The van der Waals surface area contributed by atoms with Gasteiger partial charge in [-0.15, -0.1) is 0 Å². The Morgan fingerprint density at radius 2 is 1.88 bits per heavy atom. The van der Waals surface area contributed by atoms with E-state index >= 15 is 0 Å². The van der Waals surface area contributed by atoms with E-state index in [0.29, 0.717) is 6.54 Å². The van der Waals surface area contributed by atoms with Crippen LogP contribution in [0.3, 0.4) is 0 Å². The summed E-state index contributed by atoms with van der Waals surface area (Å²) in [6.45, 7) is 2.12. The molecular formula is C14H16N2O. The molecule has 0 unspecified atom stereocenters. The minimum atomic E-state index is 0.126. The van der Waals surface area contributed by atoms with Gasteiger partial charge in [0.05, 0.1) is 6.54 Å². The van der Waals surface area contributed by atoms with Crippen LogP contribution in [0, 0.1) is 11.8 Å². The number of nitrogens with two attached hydrogens (primary N) is 1. The molecule has 2 rings (SSSR count). The van der Waals surface area contributed by atoms with Gasteiger partial charge in [0, 0.05) is 24.2 Å². The van der Waals surface area contributed by atoms with Gasteiger partial charge in [-0.3, -0.25) is 4.79 Å². The Hall–Kier alpha value is -1.79. The lowest BCUT2D eigenvalue weighted by molar-refractivity contribution is 0.0793. The highest BCUT2D eigenvalue weighted by molar-refractivity contribution is 5.94. The molecule has 3 heteroatoms. The van der Waals surface area contributed by atoms with Crippen LogP contribution in [0.2, 0.25) is 0 Å². The quantitative estimate of drug-likeness (QED) is 0.735. The molecule has 0 spiro atoms.